The number of aryl methyl sites for hydroxylation is 7. The molecule has 0 aliphatic heterocycles. The second-order valence-corrected chi connectivity index (χ2v) is 18.2. The molecule has 0 fully saturated rings. The van der Waals surface area contributed by atoms with Gasteiger partial charge in [0, 0.05) is 21.8 Å². The van der Waals surface area contributed by atoms with Gasteiger partial charge in [-0.15, -0.1) is 0 Å². The number of fused-ring (bicyclic) bond motifs is 6. The van der Waals surface area contributed by atoms with Crippen molar-refractivity contribution >= 4 is 21.9 Å². The second kappa shape index (κ2) is 19.3. The first-order valence-corrected chi connectivity index (χ1v) is 22.8. The third-order valence-corrected chi connectivity index (χ3v) is 12.7. The van der Waals surface area contributed by atoms with Gasteiger partial charge in [-0.2, -0.15) is 0 Å². The molecule has 1 nitrogen and oxygen atoms in total. The maximum atomic E-state index is 6.07. The molecule has 11 rings (SSSR count). The van der Waals surface area contributed by atoms with Gasteiger partial charge in [-0.05, 0) is 122 Å². The van der Waals surface area contributed by atoms with Gasteiger partial charge in [-0.3, -0.25) is 0 Å². The Morgan fingerprint density at radius 1 is 0.308 bits per heavy atom. The van der Waals surface area contributed by atoms with Gasteiger partial charge in [-0.25, -0.2) is 0 Å². The predicted octanol–water partition coefficient (Wildman–Crippen LogP) is 18.1. The minimum atomic E-state index is 0.151. The van der Waals surface area contributed by atoms with Gasteiger partial charge >= 0.3 is 0 Å². The standard InChI is InChI=1S/C21H20.C19H14O.C16H16.C8H10/c1-15-8-11-18(12-9-15)19-13-10-17(3)21(14-19)20-7-5-4-6-16(20)2;1-13-9-11-14(12-10-13)15-6-4-7-17-16-5-2-3-8-18(16)20-19(15)17;1-11-8-9-13-12-6-4-5-7-14(12)16(2,3)15(13)10-11;1-7-4-3-5-8(2)6-7/h4-14H,1-3H3;2-12H,1H3;4-10H,1-3H3;3-6H,1-2H3. The highest BCUT2D eigenvalue weighted by Crippen LogP contribution is 2.48. The highest BCUT2D eigenvalue weighted by atomic mass is 16.3. The smallest absolute Gasteiger partial charge is 0.143 e. The van der Waals surface area contributed by atoms with Crippen molar-refractivity contribution in [1.29, 1.82) is 0 Å². The summed E-state index contributed by atoms with van der Waals surface area (Å²) in [7, 11) is 0. The normalized spacial score (nSPS) is 11.9. The van der Waals surface area contributed by atoms with Crippen LogP contribution in [0.4, 0.5) is 0 Å². The zero-order valence-corrected chi connectivity index (χ0v) is 39.5. The fraction of sp³-hybridized carbons (Fsp3) is 0.156. The molecule has 1 heterocycles. The van der Waals surface area contributed by atoms with Gasteiger partial charge in [0.25, 0.3) is 0 Å². The molecule has 0 saturated carbocycles. The lowest BCUT2D eigenvalue weighted by atomic mass is 9.82. The fourth-order valence-corrected chi connectivity index (χ4v) is 9.05. The highest BCUT2D eigenvalue weighted by Gasteiger charge is 2.34. The van der Waals surface area contributed by atoms with Crippen LogP contribution >= 0.6 is 0 Å². The van der Waals surface area contributed by atoms with Crippen molar-refractivity contribution in [3.05, 3.63) is 250 Å². The molecule has 10 aromatic rings. The van der Waals surface area contributed by atoms with E-state index >= 15 is 0 Å². The van der Waals surface area contributed by atoms with E-state index in [2.05, 4.69) is 250 Å². The van der Waals surface area contributed by atoms with Gasteiger partial charge in [0.2, 0.25) is 0 Å². The molecule has 0 unspecified atom stereocenters. The zero-order valence-electron chi connectivity index (χ0n) is 39.5. The quantitative estimate of drug-likeness (QED) is 0.173. The van der Waals surface area contributed by atoms with Crippen molar-refractivity contribution in [2.75, 3.05) is 0 Å². The summed E-state index contributed by atoms with van der Waals surface area (Å²) in [6, 6.07) is 71.2. The van der Waals surface area contributed by atoms with E-state index < -0.39 is 0 Å². The van der Waals surface area contributed by atoms with Crippen LogP contribution in [0.25, 0.3) is 66.4 Å². The van der Waals surface area contributed by atoms with Crippen LogP contribution < -0.4 is 0 Å². The molecule has 9 aromatic carbocycles. The Hall–Kier alpha value is -7.22. The Bertz CT molecular complexity index is 3210. The Balaban J connectivity index is 0.000000123. The van der Waals surface area contributed by atoms with E-state index in [9.17, 15) is 0 Å². The molecule has 0 saturated heterocycles. The average molecular weight is 845 g/mol. The fourth-order valence-electron chi connectivity index (χ4n) is 9.05. The number of hydrogen-bond donors (Lipinski definition) is 0. The van der Waals surface area contributed by atoms with Crippen molar-refractivity contribution in [2.24, 2.45) is 0 Å². The van der Waals surface area contributed by atoms with Gasteiger partial charge in [-0.1, -0.05) is 230 Å². The second-order valence-electron chi connectivity index (χ2n) is 18.2. The number of benzene rings is 9. The van der Waals surface area contributed by atoms with Crippen molar-refractivity contribution in [2.45, 2.75) is 67.7 Å². The molecule has 65 heavy (non-hydrogen) atoms. The molecule has 0 radical (unpaired) electrons. The van der Waals surface area contributed by atoms with Crippen LogP contribution in [-0.2, 0) is 5.41 Å². The first-order chi connectivity index (χ1) is 31.4. The van der Waals surface area contributed by atoms with Gasteiger partial charge < -0.3 is 4.42 Å². The van der Waals surface area contributed by atoms with Crippen LogP contribution in [0.5, 0.6) is 0 Å². The van der Waals surface area contributed by atoms with Crippen molar-refractivity contribution < 1.29 is 4.42 Å². The van der Waals surface area contributed by atoms with Crippen LogP contribution in [0.15, 0.2) is 205 Å². The van der Waals surface area contributed by atoms with Gasteiger partial charge in [0.05, 0.1) is 0 Å². The van der Waals surface area contributed by atoms with E-state index in [-0.39, 0.29) is 5.41 Å². The summed E-state index contributed by atoms with van der Waals surface area (Å²) in [4.78, 5) is 0. The molecule has 1 aromatic heterocycles. The lowest BCUT2D eigenvalue weighted by molar-refractivity contribution is 0.660. The van der Waals surface area contributed by atoms with E-state index in [4.69, 9.17) is 4.42 Å². The first kappa shape index (κ1) is 44.4. The first-order valence-electron chi connectivity index (χ1n) is 22.8. The topological polar surface area (TPSA) is 13.1 Å². The van der Waals surface area contributed by atoms with Gasteiger partial charge in [0.1, 0.15) is 11.2 Å². The van der Waals surface area contributed by atoms with Crippen LogP contribution in [0.2, 0.25) is 0 Å². The van der Waals surface area contributed by atoms with Crippen molar-refractivity contribution in [3.63, 3.8) is 0 Å². The Morgan fingerprint density at radius 3 is 1.49 bits per heavy atom. The molecule has 0 amide bonds. The lowest BCUT2D eigenvalue weighted by Crippen LogP contribution is -2.14. The van der Waals surface area contributed by atoms with Crippen LogP contribution in [0.3, 0.4) is 0 Å². The molecule has 0 N–H and O–H groups in total. The van der Waals surface area contributed by atoms with Crippen LogP contribution in [0.1, 0.15) is 63.9 Å². The van der Waals surface area contributed by atoms with Crippen molar-refractivity contribution in [1.82, 2.24) is 0 Å². The number of rotatable bonds is 3. The number of furan rings is 1. The third kappa shape index (κ3) is 9.81. The molecule has 1 aliphatic rings. The Labute approximate surface area is 387 Å². The summed E-state index contributed by atoms with van der Waals surface area (Å²) in [5, 5.41) is 2.36. The SMILES string of the molecule is Cc1ccc(-c2ccc(C)c(-c3ccccc3C)c2)cc1.Cc1ccc(-c2cccc3c2oc2ccccc23)cc1.Cc1ccc2c(c1)C(C)(C)c1ccccc1-2.Cc1cccc(C)c1. The monoisotopic (exact) mass is 844 g/mol. The van der Waals surface area contributed by atoms with Crippen molar-refractivity contribution in [3.8, 4) is 44.5 Å². The summed E-state index contributed by atoms with van der Waals surface area (Å²) >= 11 is 0. The van der Waals surface area contributed by atoms with Crippen LogP contribution in [0, 0.1) is 48.5 Å². The summed E-state index contributed by atoms with van der Waals surface area (Å²) in [6.45, 7) is 19.6. The highest BCUT2D eigenvalue weighted by molar-refractivity contribution is 6.09. The van der Waals surface area contributed by atoms with Crippen LogP contribution in [-0.4, -0.2) is 0 Å². The van der Waals surface area contributed by atoms with E-state index in [1.807, 2.05) is 12.1 Å². The molecule has 322 valence electrons. The summed E-state index contributed by atoms with van der Waals surface area (Å²) < 4.78 is 6.07. The summed E-state index contributed by atoms with van der Waals surface area (Å²) in [5.41, 5.74) is 24.6. The predicted molar refractivity (Wildman–Crippen MR) is 280 cm³/mol. The zero-order chi connectivity index (χ0) is 45.7. The maximum Gasteiger partial charge on any atom is 0.143 e. The number of para-hydroxylation sites is 2. The average Bonchev–Trinajstić information content (AvgIpc) is 3.80. The molecular formula is C64H60O. The summed E-state index contributed by atoms with van der Waals surface area (Å²) in [5.74, 6) is 0. The van der Waals surface area contributed by atoms with Gasteiger partial charge in [0.15, 0.2) is 0 Å². The molecule has 0 bridgehead atoms. The van der Waals surface area contributed by atoms with E-state index in [1.165, 1.54) is 99.8 Å². The maximum absolute atomic E-state index is 6.07. The summed E-state index contributed by atoms with van der Waals surface area (Å²) in [6.07, 6.45) is 0. The van der Waals surface area contributed by atoms with E-state index in [0.29, 0.717) is 0 Å². The molecule has 0 spiro atoms. The molecule has 1 aliphatic carbocycles. The minimum absolute atomic E-state index is 0.151. The Kier molecular flexibility index (Phi) is 13.2. The Morgan fingerprint density at radius 2 is 0.815 bits per heavy atom. The third-order valence-electron chi connectivity index (χ3n) is 12.7. The molecule has 1 heteroatoms. The minimum Gasteiger partial charge on any atom is -0.455 e. The lowest BCUT2D eigenvalue weighted by Gasteiger charge is -2.21. The van der Waals surface area contributed by atoms with E-state index in [0.717, 1.165) is 16.7 Å². The molecular weight excluding hydrogens is 785 g/mol. The van der Waals surface area contributed by atoms with E-state index in [1.54, 1.807) is 0 Å². The number of hydrogen-bond acceptors (Lipinski definition) is 1. The largest absolute Gasteiger partial charge is 0.455 e. The molecule has 0 atom stereocenters.